The van der Waals surface area contributed by atoms with Crippen LogP contribution in [-0.2, 0) is 7.05 Å². The quantitative estimate of drug-likeness (QED) is 0.485. The van der Waals surface area contributed by atoms with Crippen molar-refractivity contribution in [2.45, 2.75) is 0 Å². The van der Waals surface area contributed by atoms with Crippen LogP contribution in [0.2, 0.25) is 0 Å². The highest BCUT2D eigenvalue weighted by Crippen LogP contribution is 2.06. The standard InChI is InChI=1S/C8H7BN2/c1-11-5-10-7-4-2-3-6(9)8(7)11/h2-5H,1H3. The van der Waals surface area contributed by atoms with Crippen LogP contribution in [0.15, 0.2) is 24.5 Å². The molecular formula is C8H7BN2. The van der Waals surface area contributed by atoms with Gasteiger partial charge in [-0.05, 0) is 6.07 Å². The van der Waals surface area contributed by atoms with Crippen molar-refractivity contribution in [3.63, 3.8) is 0 Å². The SMILES string of the molecule is [B]c1cccc2ncn(C)c12. The number of para-hydroxylation sites is 1. The Bertz CT molecular complexity index is 392. The fourth-order valence-corrected chi connectivity index (χ4v) is 1.24. The normalized spacial score (nSPS) is 10.6. The molecule has 0 N–H and O–H groups in total. The maximum Gasteiger partial charge on any atom is 0.116 e. The Kier molecular flexibility index (Phi) is 1.25. The van der Waals surface area contributed by atoms with Gasteiger partial charge in [0.15, 0.2) is 0 Å². The second kappa shape index (κ2) is 2.12. The Hall–Kier alpha value is -1.25. The number of nitrogens with zero attached hydrogens (tertiary/aromatic N) is 2. The molecule has 52 valence electrons. The molecular weight excluding hydrogens is 135 g/mol. The smallest absolute Gasteiger partial charge is 0.116 e. The van der Waals surface area contributed by atoms with E-state index in [9.17, 15) is 0 Å². The van der Waals surface area contributed by atoms with Gasteiger partial charge in [0.05, 0.1) is 17.4 Å². The molecule has 3 heteroatoms. The third kappa shape index (κ3) is 0.844. The Balaban J connectivity index is 2.96. The van der Waals surface area contributed by atoms with E-state index in [0.717, 1.165) is 16.5 Å². The molecule has 0 fully saturated rings. The minimum Gasteiger partial charge on any atom is -0.334 e. The van der Waals surface area contributed by atoms with E-state index < -0.39 is 0 Å². The van der Waals surface area contributed by atoms with Crippen LogP contribution in [0.5, 0.6) is 0 Å². The monoisotopic (exact) mass is 142 g/mol. The summed E-state index contributed by atoms with van der Waals surface area (Å²) in [7, 11) is 7.68. The largest absolute Gasteiger partial charge is 0.334 e. The number of imidazole rings is 1. The summed E-state index contributed by atoms with van der Waals surface area (Å²) in [6.45, 7) is 0. The van der Waals surface area contributed by atoms with E-state index in [1.165, 1.54) is 0 Å². The summed E-state index contributed by atoms with van der Waals surface area (Å²) in [6, 6.07) is 5.74. The lowest BCUT2D eigenvalue weighted by Gasteiger charge is -1.97. The molecule has 0 atom stereocenters. The molecule has 2 rings (SSSR count). The third-order valence-electron chi connectivity index (χ3n) is 1.77. The van der Waals surface area contributed by atoms with Crippen molar-refractivity contribution in [2.24, 2.45) is 7.05 Å². The van der Waals surface area contributed by atoms with Crippen molar-refractivity contribution in [1.82, 2.24) is 9.55 Å². The van der Waals surface area contributed by atoms with Crippen LogP contribution in [0.1, 0.15) is 0 Å². The highest BCUT2D eigenvalue weighted by molar-refractivity contribution is 6.38. The highest BCUT2D eigenvalue weighted by atomic mass is 15.0. The zero-order chi connectivity index (χ0) is 7.84. The van der Waals surface area contributed by atoms with Gasteiger partial charge in [-0.2, -0.15) is 0 Å². The Morgan fingerprint density at radius 1 is 1.45 bits per heavy atom. The van der Waals surface area contributed by atoms with Gasteiger partial charge in [-0.3, -0.25) is 0 Å². The number of hydrogen-bond donors (Lipinski definition) is 0. The Labute approximate surface area is 66.3 Å². The number of fused-ring (bicyclic) bond motifs is 1. The minimum atomic E-state index is 0.780. The van der Waals surface area contributed by atoms with Crippen LogP contribution in [-0.4, -0.2) is 17.4 Å². The topological polar surface area (TPSA) is 17.8 Å². The molecule has 0 saturated carbocycles. The number of aryl methyl sites for hydroxylation is 1. The first kappa shape index (κ1) is 6.46. The summed E-state index contributed by atoms with van der Waals surface area (Å²) in [5.74, 6) is 0. The molecule has 0 bridgehead atoms. The molecule has 2 radical (unpaired) electrons. The zero-order valence-corrected chi connectivity index (χ0v) is 6.28. The van der Waals surface area contributed by atoms with E-state index in [2.05, 4.69) is 4.98 Å². The molecule has 0 saturated heterocycles. The van der Waals surface area contributed by atoms with Gasteiger partial charge in [0.1, 0.15) is 7.85 Å². The zero-order valence-electron chi connectivity index (χ0n) is 6.28. The first-order chi connectivity index (χ1) is 5.29. The summed E-state index contributed by atoms with van der Waals surface area (Å²) in [4.78, 5) is 4.16. The average Bonchev–Trinajstić information content (AvgIpc) is 2.34. The summed E-state index contributed by atoms with van der Waals surface area (Å²) in [5, 5.41) is 0. The Morgan fingerprint density at radius 2 is 2.27 bits per heavy atom. The fraction of sp³-hybridized carbons (Fsp3) is 0.125. The van der Waals surface area contributed by atoms with Crippen LogP contribution >= 0.6 is 0 Å². The molecule has 0 aliphatic rings. The number of rotatable bonds is 0. The summed E-state index contributed by atoms with van der Waals surface area (Å²) < 4.78 is 1.92. The van der Waals surface area contributed by atoms with E-state index in [4.69, 9.17) is 7.85 Å². The van der Waals surface area contributed by atoms with Crippen molar-refractivity contribution in [3.05, 3.63) is 24.5 Å². The van der Waals surface area contributed by atoms with Gasteiger partial charge >= 0.3 is 0 Å². The van der Waals surface area contributed by atoms with E-state index in [1.807, 2.05) is 29.8 Å². The molecule has 0 aliphatic heterocycles. The first-order valence-electron chi connectivity index (χ1n) is 3.44. The van der Waals surface area contributed by atoms with Gasteiger partial charge in [0, 0.05) is 7.05 Å². The lowest BCUT2D eigenvalue weighted by atomic mass is 9.95. The van der Waals surface area contributed by atoms with Crippen LogP contribution in [0.4, 0.5) is 0 Å². The molecule has 1 heterocycles. The lowest BCUT2D eigenvalue weighted by molar-refractivity contribution is 0.950. The maximum absolute atomic E-state index is 5.74. The van der Waals surface area contributed by atoms with Gasteiger partial charge in [0.25, 0.3) is 0 Å². The fourth-order valence-electron chi connectivity index (χ4n) is 1.24. The molecule has 0 unspecified atom stereocenters. The van der Waals surface area contributed by atoms with E-state index >= 15 is 0 Å². The van der Waals surface area contributed by atoms with E-state index in [1.54, 1.807) is 6.33 Å². The highest BCUT2D eigenvalue weighted by Gasteiger charge is 1.99. The first-order valence-corrected chi connectivity index (χ1v) is 3.44. The van der Waals surface area contributed by atoms with Gasteiger partial charge in [-0.1, -0.05) is 17.6 Å². The average molecular weight is 142 g/mol. The predicted octanol–water partition coefficient (Wildman–Crippen LogP) is 0.367. The molecule has 0 spiro atoms. The maximum atomic E-state index is 5.74. The molecule has 2 nitrogen and oxygen atoms in total. The van der Waals surface area contributed by atoms with E-state index in [0.29, 0.717) is 0 Å². The van der Waals surface area contributed by atoms with Gasteiger partial charge < -0.3 is 4.57 Å². The van der Waals surface area contributed by atoms with Crippen molar-refractivity contribution in [3.8, 4) is 0 Å². The minimum absolute atomic E-state index is 0.780. The van der Waals surface area contributed by atoms with Crippen LogP contribution in [0, 0.1) is 0 Å². The summed E-state index contributed by atoms with van der Waals surface area (Å²) in [6.07, 6.45) is 1.76. The Morgan fingerprint density at radius 3 is 3.00 bits per heavy atom. The molecule has 1 aromatic heterocycles. The molecule has 1 aromatic carbocycles. The molecule has 11 heavy (non-hydrogen) atoms. The lowest BCUT2D eigenvalue weighted by Crippen LogP contribution is -2.05. The summed E-state index contributed by atoms with van der Waals surface area (Å²) in [5.41, 5.74) is 2.74. The van der Waals surface area contributed by atoms with Crippen molar-refractivity contribution < 1.29 is 0 Å². The van der Waals surface area contributed by atoms with Crippen molar-refractivity contribution in [1.29, 1.82) is 0 Å². The second-order valence-electron chi connectivity index (χ2n) is 2.57. The van der Waals surface area contributed by atoms with Crippen LogP contribution < -0.4 is 5.46 Å². The van der Waals surface area contributed by atoms with Crippen LogP contribution in [0.25, 0.3) is 11.0 Å². The summed E-state index contributed by atoms with van der Waals surface area (Å²) >= 11 is 0. The third-order valence-corrected chi connectivity index (χ3v) is 1.77. The van der Waals surface area contributed by atoms with Gasteiger partial charge in [-0.15, -0.1) is 0 Å². The predicted molar refractivity (Wildman–Crippen MR) is 46.1 cm³/mol. The number of aromatic nitrogens is 2. The van der Waals surface area contributed by atoms with Gasteiger partial charge in [-0.25, -0.2) is 4.98 Å². The number of benzene rings is 1. The van der Waals surface area contributed by atoms with Crippen LogP contribution in [0.3, 0.4) is 0 Å². The number of hydrogen-bond acceptors (Lipinski definition) is 1. The van der Waals surface area contributed by atoms with E-state index in [-0.39, 0.29) is 0 Å². The molecule has 2 aromatic rings. The van der Waals surface area contributed by atoms with Crippen molar-refractivity contribution >= 4 is 24.3 Å². The van der Waals surface area contributed by atoms with Gasteiger partial charge in [0.2, 0.25) is 0 Å². The second-order valence-corrected chi connectivity index (χ2v) is 2.57. The molecule has 0 aliphatic carbocycles. The van der Waals surface area contributed by atoms with Crippen molar-refractivity contribution in [2.75, 3.05) is 0 Å². The molecule has 0 amide bonds.